The predicted octanol–water partition coefficient (Wildman–Crippen LogP) is 2.29. The molecule has 0 aromatic heterocycles. The molecule has 114 valence electrons. The molecule has 0 bridgehead atoms. The molecule has 7 nitrogen and oxygen atoms in total. The van der Waals surface area contributed by atoms with E-state index in [9.17, 15) is 14.9 Å². The van der Waals surface area contributed by atoms with Gasteiger partial charge in [-0.1, -0.05) is 12.1 Å². The van der Waals surface area contributed by atoms with Gasteiger partial charge in [0.25, 0.3) is 0 Å². The smallest absolute Gasteiger partial charge is 0.419 e. The number of amides is 3. The van der Waals surface area contributed by atoms with Gasteiger partial charge in [0, 0.05) is 25.5 Å². The normalized spacial score (nSPS) is 17.8. The van der Waals surface area contributed by atoms with Gasteiger partial charge in [-0.15, -0.1) is 0 Å². The Hall–Kier alpha value is -3.01. The molecule has 1 aromatic carbocycles. The van der Waals surface area contributed by atoms with Gasteiger partial charge in [0.2, 0.25) is 0 Å². The van der Waals surface area contributed by atoms with Crippen LogP contribution in [0.1, 0.15) is 18.5 Å². The first-order valence-electron chi connectivity index (χ1n) is 6.58. The minimum atomic E-state index is -1.41. The highest BCUT2D eigenvalue weighted by Crippen LogP contribution is 2.31. The number of nitriles is 1. The Labute approximate surface area is 128 Å². The van der Waals surface area contributed by atoms with Gasteiger partial charge >= 0.3 is 12.1 Å². The zero-order valence-electron chi connectivity index (χ0n) is 12.5. The Morgan fingerprint density at radius 1 is 1.45 bits per heavy atom. The van der Waals surface area contributed by atoms with Crippen LogP contribution in [-0.4, -0.2) is 36.2 Å². The van der Waals surface area contributed by atoms with Crippen molar-refractivity contribution in [3.05, 3.63) is 41.1 Å². The molecule has 0 spiro atoms. The molecule has 3 amide bonds. The molecule has 1 aliphatic rings. The second-order valence-electron chi connectivity index (χ2n) is 5.10. The fourth-order valence-electron chi connectivity index (χ4n) is 2.35. The maximum absolute atomic E-state index is 12.0. The first kappa shape index (κ1) is 15.4. The molecule has 1 aliphatic heterocycles. The number of imide groups is 1. The average Bonchev–Trinajstić information content (AvgIpc) is 2.46. The third-order valence-electron chi connectivity index (χ3n) is 3.52. The third-order valence-corrected chi connectivity index (χ3v) is 3.52. The van der Waals surface area contributed by atoms with Crippen molar-refractivity contribution < 1.29 is 14.7 Å². The van der Waals surface area contributed by atoms with E-state index in [0.29, 0.717) is 4.90 Å². The molecular formula is C15H16N4O3. The largest absolute Gasteiger partial charge is 0.464 e. The number of carboxylic acid groups (broad SMARTS) is 1. The van der Waals surface area contributed by atoms with Crippen LogP contribution < -0.4 is 10.2 Å². The number of nitrogens with one attached hydrogen (secondary N) is 1. The standard InChI is InChI=1S/C15H16N4O3/c1-9-12(8-16)13(17-14(20)19(9)15(21)22)10-5-4-6-11(7-10)18(2)3/h4-7,13H,1-3H3,(H,17,20)(H,21,22). The van der Waals surface area contributed by atoms with Crippen molar-refractivity contribution in [3.8, 4) is 6.07 Å². The number of rotatable bonds is 2. The van der Waals surface area contributed by atoms with E-state index in [2.05, 4.69) is 5.32 Å². The lowest BCUT2D eigenvalue weighted by molar-refractivity contribution is 0.155. The van der Waals surface area contributed by atoms with E-state index in [0.717, 1.165) is 11.3 Å². The number of allylic oxidation sites excluding steroid dienone is 1. The summed E-state index contributed by atoms with van der Waals surface area (Å²) >= 11 is 0. The molecule has 0 aliphatic carbocycles. The van der Waals surface area contributed by atoms with Crippen molar-refractivity contribution >= 4 is 17.8 Å². The predicted molar refractivity (Wildman–Crippen MR) is 80.2 cm³/mol. The van der Waals surface area contributed by atoms with Crippen LogP contribution in [0.25, 0.3) is 0 Å². The molecule has 2 rings (SSSR count). The zero-order chi connectivity index (χ0) is 16.4. The SMILES string of the molecule is CC1=C(C#N)C(c2cccc(N(C)C)c2)NC(=O)N1C(=O)O. The highest BCUT2D eigenvalue weighted by atomic mass is 16.4. The Morgan fingerprint density at radius 3 is 2.68 bits per heavy atom. The van der Waals surface area contributed by atoms with Crippen molar-refractivity contribution in [1.29, 1.82) is 5.26 Å². The molecule has 22 heavy (non-hydrogen) atoms. The van der Waals surface area contributed by atoms with Gasteiger partial charge in [-0.05, 0) is 24.6 Å². The highest BCUT2D eigenvalue weighted by Gasteiger charge is 2.35. The summed E-state index contributed by atoms with van der Waals surface area (Å²) in [4.78, 5) is 25.6. The maximum atomic E-state index is 12.0. The molecule has 0 saturated heterocycles. The van der Waals surface area contributed by atoms with E-state index in [1.54, 1.807) is 6.07 Å². The summed E-state index contributed by atoms with van der Waals surface area (Å²) < 4.78 is 0. The van der Waals surface area contributed by atoms with Crippen molar-refractivity contribution in [3.63, 3.8) is 0 Å². The average molecular weight is 300 g/mol. The van der Waals surface area contributed by atoms with Crippen LogP contribution in [0.4, 0.5) is 15.3 Å². The van der Waals surface area contributed by atoms with Gasteiger partial charge in [-0.2, -0.15) is 5.26 Å². The number of nitrogens with zero attached hydrogens (tertiary/aromatic N) is 3. The molecule has 0 saturated carbocycles. The Kier molecular flexibility index (Phi) is 4.04. The second-order valence-corrected chi connectivity index (χ2v) is 5.10. The van der Waals surface area contributed by atoms with Crippen molar-refractivity contribution in [2.24, 2.45) is 0 Å². The van der Waals surface area contributed by atoms with Gasteiger partial charge in [-0.25, -0.2) is 14.5 Å². The summed E-state index contributed by atoms with van der Waals surface area (Å²) in [5, 5.41) is 21.0. The number of benzene rings is 1. The lowest BCUT2D eigenvalue weighted by Crippen LogP contribution is -2.48. The lowest BCUT2D eigenvalue weighted by Gasteiger charge is -2.31. The molecule has 1 unspecified atom stereocenters. The van der Waals surface area contributed by atoms with Crippen LogP contribution >= 0.6 is 0 Å². The van der Waals surface area contributed by atoms with E-state index in [-0.39, 0.29) is 11.3 Å². The van der Waals surface area contributed by atoms with Crippen molar-refractivity contribution in [1.82, 2.24) is 10.2 Å². The zero-order valence-corrected chi connectivity index (χ0v) is 12.5. The molecule has 1 heterocycles. The number of anilines is 1. The number of carbonyl (C=O) groups excluding carboxylic acids is 1. The van der Waals surface area contributed by atoms with Gasteiger partial charge in [0.1, 0.15) is 0 Å². The van der Waals surface area contributed by atoms with Crippen molar-refractivity contribution in [2.75, 3.05) is 19.0 Å². The van der Waals surface area contributed by atoms with Crippen LogP contribution in [0, 0.1) is 11.3 Å². The first-order chi connectivity index (χ1) is 10.4. The fraction of sp³-hybridized carbons (Fsp3) is 0.267. The van der Waals surface area contributed by atoms with Crippen LogP contribution in [0.5, 0.6) is 0 Å². The summed E-state index contributed by atoms with van der Waals surface area (Å²) in [6.45, 7) is 1.45. The number of hydrogen-bond acceptors (Lipinski definition) is 4. The van der Waals surface area contributed by atoms with Crippen molar-refractivity contribution in [2.45, 2.75) is 13.0 Å². The number of hydrogen-bond donors (Lipinski definition) is 2. The topological polar surface area (TPSA) is 96.7 Å². The van der Waals surface area contributed by atoms with Crippen LogP contribution in [0.15, 0.2) is 35.5 Å². The van der Waals surface area contributed by atoms with E-state index in [1.807, 2.05) is 43.3 Å². The summed E-state index contributed by atoms with van der Waals surface area (Å²) in [5.41, 5.74) is 1.97. The summed E-state index contributed by atoms with van der Waals surface area (Å²) in [7, 11) is 3.77. The first-order valence-corrected chi connectivity index (χ1v) is 6.58. The minimum Gasteiger partial charge on any atom is -0.464 e. The van der Waals surface area contributed by atoms with Gasteiger partial charge < -0.3 is 15.3 Å². The monoisotopic (exact) mass is 300 g/mol. The lowest BCUT2D eigenvalue weighted by atomic mass is 9.95. The van der Waals surface area contributed by atoms with Gasteiger partial charge in [0.15, 0.2) is 0 Å². The fourth-order valence-corrected chi connectivity index (χ4v) is 2.35. The van der Waals surface area contributed by atoms with E-state index < -0.39 is 18.2 Å². The van der Waals surface area contributed by atoms with E-state index >= 15 is 0 Å². The molecule has 0 fully saturated rings. The quantitative estimate of drug-likeness (QED) is 0.873. The van der Waals surface area contributed by atoms with Gasteiger partial charge in [-0.3, -0.25) is 0 Å². The third kappa shape index (κ3) is 2.59. The minimum absolute atomic E-state index is 0.124. The summed E-state index contributed by atoms with van der Waals surface area (Å²) in [5.74, 6) is 0. The molecule has 1 atom stereocenters. The van der Waals surface area contributed by atoms with E-state index in [4.69, 9.17) is 5.11 Å². The second kappa shape index (κ2) is 5.77. The van der Waals surface area contributed by atoms with E-state index in [1.165, 1.54) is 6.92 Å². The molecule has 1 aromatic rings. The van der Waals surface area contributed by atoms with Crippen LogP contribution in [0.2, 0.25) is 0 Å². The molecule has 2 N–H and O–H groups in total. The number of urea groups is 1. The Balaban J connectivity index is 2.52. The highest BCUT2D eigenvalue weighted by molar-refractivity contribution is 5.94. The van der Waals surface area contributed by atoms with Crippen LogP contribution in [0.3, 0.4) is 0 Å². The summed E-state index contributed by atoms with van der Waals surface area (Å²) in [6.07, 6.45) is -1.41. The summed E-state index contributed by atoms with van der Waals surface area (Å²) in [6, 6.07) is 7.95. The maximum Gasteiger partial charge on any atom is 0.419 e. The van der Waals surface area contributed by atoms with Crippen LogP contribution in [-0.2, 0) is 0 Å². The molecular weight excluding hydrogens is 284 g/mol. The Bertz CT molecular complexity index is 703. The molecule has 0 radical (unpaired) electrons. The Morgan fingerprint density at radius 2 is 2.14 bits per heavy atom. The molecule has 7 heteroatoms. The van der Waals surface area contributed by atoms with Gasteiger partial charge in [0.05, 0.1) is 17.7 Å². The number of carbonyl (C=O) groups is 2.